The normalized spacial score (nSPS) is 10.8. The van der Waals surface area contributed by atoms with E-state index >= 15 is 0 Å². The third-order valence-corrected chi connectivity index (χ3v) is 8.32. The van der Waals surface area contributed by atoms with Gasteiger partial charge in [0.25, 0.3) is 0 Å². The smallest absolute Gasteiger partial charge is 0.344 e. The van der Waals surface area contributed by atoms with E-state index in [4.69, 9.17) is 24.0 Å². The number of benzene rings is 4. The Kier molecular flexibility index (Phi) is 11.0. The number of carbonyl (C=O) groups excluding carboxylic acids is 2. The van der Waals surface area contributed by atoms with E-state index in [0.717, 1.165) is 16.9 Å². The highest BCUT2D eigenvalue weighted by atomic mass is 16.7. The molecule has 0 radical (unpaired) electrons. The van der Waals surface area contributed by atoms with E-state index in [1.165, 1.54) is 12.1 Å². The largest absolute Gasteiger partial charge is 0.507 e. The second kappa shape index (κ2) is 16.2. The molecule has 14 nitrogen and oxygen atoms in total. The molecule has 0 atom stereocenters. The van der Waals surface area contributed by atoms with Crippen LogP contribution in [-0.2, 0) is 15.9 Å². The fraction of sp³-hybridized carbons (Fsp3) is 0.200. The summed E-state index contributed by atoms with van der Waals surface area (Å²) in [7, 11) is 7.19. The van der Waals surface area contributed by atoms with Crippen LogP contribution in [0.3, 0.4) is 0 Å². The summed E-state index contributed by atoms with van der Waals surface area (Å²) in [4.78, 5) is 29.0. The fourth-order valence-electron chi connectivity index (χ4n) is 5.55. The van der Waals surface area contributed by atoms with Crippen LogP contribution in [0.15, 0.2) is 103 Å². The molecule has 0 spiro atoms. The third kappa shape index (κ3) is 8.39. The Morgan fingerprint density at radius 3 is 1.96 bits per heavy atom. The zero-order chi connectivity index (χ0) is 38.4. The number of hydrogen-bond donors (Lipinski definition) is 2. The number of aromatic nitrogens is 4. The molecule has 2 aromatic heterocycles. The van der Waals surface area contributed by atoms with Crippen molar-refractivity contribution in [2.24, 2.45) is 0 Å². The van der Waals surface area contributed by atoms with Crippen molar-refractivity contribution in [3.63, 3.8) is 0 Å². The van der Waals surface area contributed by atoms with Crippen LogP contribution in [0.25, 0.3) is 11.4 Å². The summed E-state index contributed by atoms with van der Waals surface area (Å²) < 4.78 is 25.6. The summed E-state index contributed by atoms with van der Waals surface area (Å²) in [6.45, 7) is 1.02. The minimum absolute atomic E-state index is 0.0286. The molecule has 0 amide bonds. The van der Waals surface area contributed by atoms with Gasteiger partial charge < -0.3 is 39.0 Å². The number of hydrogen-bond acceptors (Lipinski definition) is 12. The van der Waals surface area contributed by atoms with Gasteiger partial charge in [0.05, 0.1) is 28.5 Å². The number of rotatable bonds is 14. The van der Waals surface area contributed by atoms with Crippen LogP contribution in [0.5, 0.6) is 23.3 Å². The molecule has 0 aliphatic rings. The number of aryl methyl sites for hydroxylation is 1. The first kappa shape index (κ1) is 36.8. The number of phenolic OH excluding ortho intramolecular Hbond substituents is 2. The molecule has 0 saturated heterocycles. The van der Waals surface area contributed by atoms with Crippen LogP contribution in [0.2, 0.25) is 0 Å². The van der Waals surface area contributed by atoms with Crippen LogP contribution < -0.4 is 19.3 Å². The first-order valence-electron chi connectivity index (χ1n) is 16.9. The molecular formula is C40H40N6O8. The van der Waals surface area contributed by atoms with Crippen molar-refractivity contribution in [1.82, 2.24) is 19.6 Å². The quantitative estimate of drug-likeness (QED) is 0.101. The summed E-state index contributed by atoms with van der Waals surface area (Å²) in [6, 6.07) is 30.1. The Bertz CT molecular complexity index is 2250. The monoisotopic (exact) mass is 732 g/mol. The fourth-order valence-corrected chi connectivity index (χ4v) is 5.55. The molecule has 6 rings (SSSR count). The molecule has 0 unspecified atom stereocenters. The highest BCUT2D eigenvalue weighted by molar-refractivity contribution is 5.95. The molecule has 0 fully saturated rings. The lowest BCUT2D eigenvalue weighted by Crippen LogP contribution is -2.14. The zero-order valence-corrected chi connectivity index (χ0v) is 30.5. The van der Waals surface area contributed by atoms with E-state index in [1.54, 1.807) is 64.8 Å². The summed E-state index contributed by atoms with van der Waals surface area (Å²) in [5.74, 6) is -1.08. The van der Waals surface area contributed by atoms with Gasteiger partial charge in [0.15, 0.2) is 5.75 Å². The van der Waals surface area contributed by atoms with Crippen LogP contribution in [0.1, 0.15) is 37.7 Å². The maximum atomic E-state index is 12.8. The molecule has 0 aliphatic carbocycles. The predicted octanol–water partition coefficient (Wildman–Crippen LogP) is 5.89. The van der Waals surface area contributed by atoms with Gasteiger partial charge in [0.2, 0.25) is 25.3 Å². The van der Waals surface area contributed by atoms with Crippen LogP contribution in [0, 0.1) is 6.92 Å². The highest BCUT2D eigenvalue weighted by Crippen LogP contribution is 2.30. The number of para-hydroxylation sites is 2. The highest BCUT2D eigenvalue weighted by Gasteiger charge is 2.19. The van der Waals surface area contributed by atoms with E-state index in [2.05, 4.69) is 5.10 Å². The lowest BCUT2D eigenvalue weighted by molar-refractivity contribution is 0.0121. The topological polar surface area (TPSA) is 154 Å². The molecule has 2 heterocycles. The van der Waals surface area contributed by atoms with Gasteiger partial charge in [-0.05, 0) is 67.1 Å². The average Bonchev–Trinajstić information content (AvgIpc) is 3.74. The molecule has 2 N–H and O–H groups in total. The summed E-state index contributed by atoms with van der Waals surface area (Å²) >= 11 is 0. The van der Waals surface area contributed by atoms with Crippen molar-refractivity contribution < 1.29 is 38.7 Å². The van der Waals surface area contributed by atoms with Gasteiger partial charge in [0.1, 0.15) is 16.9 Å². The standard InChI is InChI=1S/C40H40N6O8/c1-26-20-36(51-24-53-39(49)32-12-9-13-34(38(32)48)44(4)5)45(41-26)30-16-14-27(15-17-30)21-28-22-37(46(42-28)29-10-7-6-8-11-29)52-25-54-40(50)33-23-31(43(2)3)18-19-35(33)47/h6-20,22-23,47-48H,21,24-25H2,1-5H3. The Hall–Kier alpha value is -6.96. The number of aromatic hydroxyl groups is 2. The number of anilines is 2. The summed E-state index contributed by atoms with van der Waals surface area (Å²) in [6.07, 6.45) is 0.459. The summed E-state index contributed by atoms with van der Waals surface area (Å²) in [5, 5.41) is 30.1. The Morgan fingerprint density at radius 1 is 0.667 bits per heavy atom. The van der Waals surface area contributed by atoms with Gasteiger partial charge in [0, 0.05) is 52.4 Å². The molecule has 6 aromatic rings. The molecule has 14 heteroatoms. The van der Waals surface area contributed by atoms with E-state index in [-0.39, 0.29) is 22.6 Å². The molecule has 54 heavy (non-hydrogen) atoms. The van der Waals surface area contributed by atoms with E-state index in [0.29, 0.717) is 40.9 Å². The Balaban J connectivity index is 1.12. The minimum atomic E-state index is -0.726. The van der Waals surface area contributed by atoms with Gasteiger partial charge in [-0.2, -0.15) is 10.2 Å². The maximum Gasteiger partial charge on any atom is 0.344 e. The van der Waals surface area contributed by atoms with Gasteiger partial charge >= 0.3 is 11.9 Å². The molecule has 0 aliphatic heterocycles. The second-order valence-corrected chi connectivity index (χ2v) is 12.7. The number of phenols is 2. The van der Waals surface area contributed by atoms with Gasteiger partial charge in [-0.25, -0.2) is 19.0 Å². The molecule has 278 valence electrons. The van der Waals surface area contributed by atoms with Gasteiger partial charge in [-0.3, -0.25) is 0 Å². The minimum Gasteiger partial charge on any atom is -0.507 e. The van der Waals surface area contributed by atoms with Gasteiger partial charge in [-0.1, -0.05) is 36.4 Å². The molecule has 0 bridgehead atoms. The average molecular weight is 733 g/mol. The number of nitrogens with zero attached hydrogens (tertiary/aromatic N) is 6. The van der Waals surface area contributed by atoms with E-state index in [9.17, 15) is 19.8 Å². The van der Waals surface area contributed by atoms with Gasteiger partial charge in [-0.15, -0.1) is 0 Å². The van der Waals surface area contributed by atoms with Crippen molar-refractivity contribution in [3.05, 3.63) is 131 Å². The molecule has 4 aromatic carbocycles. The van der Waals surface area contributed by atoms with E-state index in [1.807, 2.05) is 80.5 Å². The zero-order valence-electron chi connectivity index (χ0n) is 30.5. The lowest BCUT2D eigenvalue weighted by atomic mass is 10.1. The van der Waals surface area contributed by atoms with Crippen molar-refractivity contribution in [2.75, 3.05) is 51.6 Å². The Labute approximate surface area is 311 Å². The first-order valence-corrected chi connectivity index (χ1v) is 16.9. The van der Waals surface area contributed by atoms with Crippen LogP contribution in [0.4, 0.5) is 11.4 Å². The molecule has 0 saturated carbocycles. The third-order valence-electron chi connectivity index (χ3n) is 8.32. The maximum absolute atomic E-state index is 12.8. The SMILES string of the molecule is Cc1cc(OCOC(=O)c2cccc(N(C)C)c2O)n(-c2ccc(Cc3cc(OCOC(=O)c4cc(N(C)C)ccc4O)n(-c4ccccc4)n3)cc2)n1. The van der Waals surface area contributed by atoms with Crippen LogP contribution >= 0.6 is 0 Å². The number of ether oxygens (including phenoxy) is 4. The first-order chi connectivity index (χ1) is 26.0. The van der Waals surface area contributed by atoms with Crippen molar-refractivity contribution in [1.29, 1.82) is 0 Å². The molecular weight excluding hydrogens is 692 g/mol. The van der Waals surface area contributed by atoms with Crippen molar-refractivity contribution >= 4 is 23.3 Å². The number of esters is 2. The summed E-state index contributed by atoms with van der Waals surface area (Å²) in [5.41, 5.74) is 5.10. The lowest BCUT2D eigenvalue weighted by Gasteiger charge is -2.16. The second-order valence-electron chi connectivity index (χ2n) is 12.7. The number of carbonyl (C=O) groups is 2. The van der Waals surface area contributed by atoms with Crippen LogP contribution in [-0.4, -0.2) is 83.5 Å². The van der Waals surface area contributed by atoms with E-state index < -0.39 is 25.5 Å². The van der Waals surface area contributed by atoms with Crippen molar-refractivity contribution in [3.8, 4) is 34.6 Å². The van der Waals surface area contributed by atoms with Crippen molar-refractivity contribution in [2.45, 2.75) is 13.3 Å². The Morgan fingerprint density at radius 2 is 1.30 bits per heavy atom. The predicted molar refractivity (Wildman–Crippen MR) is 201 cm³/mol.